The Balaban J connectivity index is 2.00. The van der Waals surface area contributed by atoms with Crippen molar-refractivity contribution >= 4 is 50.7 Å². The molecule has 1 atom stereocenters. The first kappa shape index (κ1) is 30.3. The molecule has 7 nitrogen and oxygen atoms in total. The van der Waals surface area contributed by atoms with E-state index >= 15 is 0 Å². The molecule has 0 spiro atoms. The Morgan fingerprint density at radius 1 is 1.00 bits per heavy atom. The van der Waals surface area contributed by atoms with Crippen LogP contribution in [0.3, 0.4) is 0 Å². The van der Waals surface area contributed by atoms with Crippen molar-refractivity contribution in [3.8, 4) is 0 Å². The Morgan fingerprint density at radius 2 is 1.55 bits per heavy atom. The number of rotatable bonds is 10. The van der Waals surface area contributed by atoms with Gasteiger partial charge in [0, 0.05) is 28.2 Å². The van der Waals surface area contributed by atoms with Crippen LogP contribution < -0.4 is 9.62 Å². The zero-order chi connectivity index (χ0) is 28.0. The summed E-state index contributed by atoms with van der Waals surface area (Å²) in [6.45, 7) is 4.95. The minimum absolute atomic E-state index is 0.0295. The normalized spacial score (nSPS) is 15.1. The molecule has 2 aromatic carbocycles. The Bertz CT molecular complexity index is 1220. The van der Waals surface area contributed by atoms with Gasteiger partial charge in [-0.1, -0.05) is 73.7 Å². The lowest BCUT2D eigenvalue weighted by molar-refractivity contribution is -0.140. The summed E-state index contributed by atoms with van der Waals surface area (Å²) in [6, 6.07) is 9.74. The van der Waals surface area contributed by atoms with E-state index in [1.165, 1.54) is 4.90 Å². The van der Waals surface area contributed by atoms with Gasteiger partial charge >= 0.3 is 0 Å². The maximum Gasteiger partial charge on any atom is 0.244 e. The van der Waals surface area contributed by atoms with E-state index in [1.807, 2.05) is 13.0 Å². The maximum absolute atomic E-state index is 14.0. The Morgan fingerprint density at radius 3 is 2.08 bits per heavy atom. The molecule has 1 saturated carbocycles. The molecule has 0 radical (unpaired) electrons. The second-order valence-electron chi connectivity index (χ2n) is 10.00. The predicted molar refractivity (Wildman–Crippen MR) is 154 cm³/mol. The van der Waals surface area contributed by atoms with E-state index in [4.69, 9.17) is 23.2 Å². The number of aryl methyl sites for hydroxylation is 2. The summed E-state index contributed by atoms with van der Waals surface area (Å²) < 4.78 is 27.0. The SMILES string of the molecule is CCC(C(=O)NC1CCCCC1)N(Cc1c(Cl)cccc1Cl)C(=O)CN(c1c(C)cccc1C)S(C)(=O)=O. The first-order valence-corrected chi connectivity index (χ1v) is 15.6. The monoisotopic (exact) mass is 581 g/mol. The lowest BCUT2D eigenvalue weighted by atomic mass is 9.95. The van der Waals surface area contributed by atoms with Gasteiger partial charge in [-0.25, -0.2) is 8.42 Å². The number of anilines is 1. The second-order valence-corrected chi connectivity index (χ2v) is 12.7. The van der Waals surface area contributed by atoms with Gasteiger partial charge in [0.2, 0.25) is 21.8 Å². The highest BCUT2D eigenvalue weighted by Gasteiger charge is 2.34. The van der Waals surface area contributed by atoms with Crippen molar-refractivity contribution in [3.63, 3.8) is 0 Å². The van der Waals surface area contributed by atoms with Crippen LogP contribution in [0, 0.1) is 13.8 Å². The average molecular weight is 583 g/mol. The van der Waals surface area contributed by atoms with Gasteiger partial charge < -0.3 is 10.2 Å². The predicted octanol–water partition coefficient (Wildman–Crippen LogP) is 5.63. The summed E-state index contributed by atoms with van der Waals surface area (Å²) >= 11 is 12.9. The minimum Gasteiger partial charge on any atom is -0.352 e. The fourth-order valence-corrected chi connectivity index (χ4v) is 6.57. The highest BCUT2D eigenvalue weighted by atomic mass is 35.5. The molecule has 0 aliphatic heterocycles. The molecule has 38 heavy (non-hydrogen) atoms. The molecule has 2 amide bonds. The quantitative estimate of drug-likeness (QED) is 0.393. The third-order valence-corrected chi connectivity index (χ3v) is 8.92. The second kappa shape index (κ2) is 13.2. The number of hydrogen-bond acceptors (Lipinski definition) is 4. The van der Waals surface area contributed by atoms with Crippen LogP contribution in [0.2, 0.25) is 10.0 Å². The molecule has 0 saturated heterocycles. The third-order valence-electron chi connectivity index (χ3n) is 7.10. The molecule has 0 aromatic heterocycles. The number of carbonyl (C=O) groups is 2. The molecule has 10 heteroatoms. The van der Waals surface area contributed by atoms with Gasteiger partial charge in [-0.2, -0.15) is 0 Å². The minimum atomic E-state index is -3.82. The van der Waals surface area contributed by atoms with Gasteiger partial charge in [-0.15, -0.1) is 0 Å². The van der Waals surface area contributed by atoms with E-state index < -0.39 is 28.5 Å². The van der Waals surface area contributed by atoms with Gasteiger partial charge in [-0.05, 0) is 56.4 Å². The van der Waals surface area contributed by atoms with Crippen molar-refractivity contribution in [1.29, 1.82) is 0 Å². The molecule has 1 aliphatic carbocycles. The van der Waals surface area contributed by atoms with E-state index in [2.05, 4.69) is 5.32 Å². The van der Waals surface area contributed by atoms with E-state index in [1.54, 1.807) is 44.2 Å². The van der Waals surface area contributed by atoms with Crippen molar-refractivity contribution < 1.29 is 18.0 Å². The number of para-hydroxylation sites is 1. The first-order chi connectivity index (χ1) is 17.9. The molecular formula is C28H37Cl2N3O4S. The van der Waals surface area contributed by atoms with Gasteiger partial charge in [0.05, 0.1) is 11.9 Å². The van der Waals surface area contributed by atoms with E-state index in [9.17, 15) is 18.0 Å². The Labute approximate surface area is 236 Å². The molecule has 0 bridgehead atoms. The fraction of sp³-hybridized carbons (Fsp3) is 0.500. The molecule has 208 valence electrons. The van der Waals surface area contributed by atoms with Crippen molar-refractivity contribution in [3.05, 3.63) is 63.1 Å². The van der Waals surface area contributed by atoms with Crippen LogP contribution in [-0.2, 0) is 26.2 Å². The molecular weight excluding hydrogens is 545 g/mol. The van der Waals surface area contributed by atoms with Gasteiger partial charge in [0.1, 0.15) is 12.6 Å². The van der Waals surface area contributed by atoms with E-state index in [0.29, 0.717) is 27.7 Å². The number of nitrogens with zero attached hydrogens (tertiary/aromatic N) is 2. The van der Waals surface area contributed by atoms with Crippen LogP contribution in [0.5, 0.6) is 0 Å². The van der Waals surface area contributed by atoms with Crippen LogP contribution >= 0.6 is 23.2 Å². The number of carbonyl (C=O) groups excluding carboxylic acids is 2. The molecule has 1 fully saturated rings. The number of benzene rings is 2. The van der Waals surface area contributed by atoms with Gasteiger partial charge in [-0.3, -0.25) is 13.9 Å². The largest absolute Gasteiger partial charge is 0.352 e. The van der Waals surface area contributed by atoms with Crippen LogP contribution in [0.1, 0.15) is 62.1 Å². The van der Waals surface area contributed by atoms with Crippen LogP contribution in [0.15, 0.2) is 36.4 Å². The van der Waals surface area contributed by atoms with Crippen LogP contribution in [0.4, 0.5) is 5.69 Å². The number of amides is 2. The summed E-state index contributed by atoms with van der Waals surface area (Å²) in [7, 11) is -3.82. The van der Waals surface area contributed by atoms with E-state index in [0.717, 1.165) is 53.8 Å². The lowest BCUT2D eigenvalue weighted by Crippen LogP contribution is -2.54. The van der Waals surface area contributed by atoms with E-state index in [-0.39, 0.29) is 18.5 Å². The first-order valence-electron chi connectivity index (χ1n) is 13.0. The standard InChI is InChI=1S/C28H37Cl2N3O4S/c1-5-25(28(35)31-21-13-7-6-8-14-21)32(17-22-23(29)15-10-16-24(22)30)26(34)18-33(38(4,36)37)27-19(2)11-9-12-20(27)3/h9-12,15-16,21,25H,5-8,13-14,17-18H2,1-4H3,(H,31,35). The fourth-order valence-electron chi connectivity index (χ4n) is 5.09. The molecule has 2 aromatic rings. The van der Waals surface area contributed by atoms with Crippen LogP contribution in [0.25, 0.3) is 0 Å². The van der Waals surface area contributed by atoms with Crippen molar-refractivity contribution in [1.82, 2.24) is 10.2 Å². The van der Waals surface area contributed by atoms with Crippen molar-refractivity contribution in [2.45, 2.75) is 77.9 Å². The summed E-state index contributed by atoms with van der Waals surface area (Å²) in [5.41, 5.74) is 2.42. The molecule has 3 rings (SSSR count). The zero-order valence-electron chi connectivity index (χ0n) is 22.5. The summed E-state index contributed by atoms with van der Waals surface area (Å²) in [6.07, 6.45) is 6.49. The number of halogens is 2. The number of hydrogen-bond donors (Lipinski definition) is 1. The number of sulfonamides is 1. The summed E-state index contributed by atoms with van der Waals surface area (Å²) in [4.78, 5) is 28.9. The third kappa shape index (κ3) is 7.42. The highest BCUT2D eigenvalue weighted by Crippen LogP contribution is 2.30. The Kier molecular flexibility index (Phi) is 10.5. The maximum atomic E-state index is 14.0. The molecule has 1 unspecified atom stereocenters. The van der Waals surface area contributed by atoms with Gasteiger partial charge in [0.15, 0.2) is 0 Å². The summed E-state index contributed by atoms with van der Waals surface area (Å²) in [5, 5.41) is 3.86. The topological polar surface area (TPSA) is 86.8 Å². The highest BCUT2D eigenvalue weighted by molar-refractivity contribution is 7.92. The Hall–Kier alpha value is -2.29. The van der Waals surface area contributed by atoms with Gasteiger partial charge in [0.25, 0.3) is 0 Å². The lowest BCUT2D eigenvalue weighted by Gasteiger charge is -2.35. The summed E-state index contributed by atoms with van der Waals surface area (Å²) in [5.74, 6) is -0.770. The zero-order valence-corrected chi connectivity index (χ0v) is 24.8. The molecule has 1 N–H and O–H groups in total. The number of nitrogens with one attached hydrogen (secondary N) is 1. The average Bonchev–Trinajstić information content (AvgIpc) is 2.84. The van der Waals surface area contributed by atoms with Crippen molar-refractivity contribution in [2.75, 3.05) is 17.1 Å². The molecule has 1 aliphatic rings. The van der Waals surface area contributed by atoms with Crippen LogP contribution in [-0.4, -0.2) is 50.0 Å². The molecule has 0 heterocycles. The smallest absolute Gasteiger partial charge is 0.244 e. The van der Waals surface area contributed by atoms with Crippen molar-refractivity contribution in [2.24, 2.45) is 0 Å².